The Morgan fingerprint density at radius 3 is 3.06 bits per heavy atom. The van der Waals surface area contributed by atoms with Crippen molar-refractivity contribution in [1.82, 2.24) is 10.3 Å². The Hall–Kier alpha value is -1.09. The van der Waals surface area contributed by atoms with Gasteiger partial charge in [-0.1, -0.05) is 6.07 Å². The first-order chi connectivity index (χ1) is 7.86. The van der Waals surface area contributed by atoms with Gasteiger partial charge in [0.25, 0.3) is 0 Å². The second-order valence-electron chi connectivity index (χ2n) is 4.89. The van der Waals surface area contributed by atoms with Gasteiger partial charge in [0.2, 0.25) is 5.88 Å². The number of aromatic nitrogens is 1. The molecule has 2 unspecified atom stereocenters. The van der Waals surface area contributed by atoms with Crippen molar-refractivity contribution in [3.8, 4) is 5.88 Å². The Morgan fingerprint density at radius 2 is 2.31 bits per heavy atom. The molecular weight excluding hydrogens is 200 g/mol. The number of ether oxygens (including phenoxy) is 1. The van der Waals surface area contributed by atoms with E-state index in [4.69, 9.17) is 4.74 Å². The van der Waals surface area contributed by atoms with E-state index in [1.165, 1.54) is 25.0 Å². The van der Waals surface area contributed by atoms with Gasteiger partial charge in [0, 0.05) is 23.7 Å². The van der Waals surface area contributed by atoms with Crippen molar-refractivity contribution in [1.29, 1.82) is 0 Å². The van der Waals surface area contributed by atoms with E-state index in [0.717, 1.165) is 24.4 Å². The first kappa shape index (κ1) is 10.1. The van der Waals surface area contributed by atoms with Crippen LogP contribution in [0.15, 0.2) is 18.2 Å². The smallest absolute Gasteiger partial charge is 0.213 e. The maximum absolute atomic E-state index is 5.15. The van der Waals surface area contributed by atoms with E-state index >= 15 is 0 Å². The molecule has 1 aromatic rings. The quantitative estimate of drug-likeness (QED) is 0.820. The lowest BCUT2D eigenvalue weighted by Gasteiger charge is -2.03. The fourth-order valence-electron chi connectivity index (χ4n) is 2.19. The summed E-state index contributed by atoms with van der Waals surface area (Å²) in [7, 11) is 1.67. The van der Waals surface area contributed by atoms with Gasteiger partial charge in [-0.2, -0.15) is 0 Å². The molecule has 3 rings (SSSR count). The monoisotopic (exact) mass is 218 g/mol. The van der Waals surface area contributed by atoms with Crippen LogP contribution in [0.2, 0.25) is 0 Å². The third-order valence-electron chi connectivity index (χ3n) is 3.50. The normalized spacial score (nSPS) is 27.8. The highest BCUT2D eigenvalue weighted by molar-refractivity contribution is 5.23. The molecule has 2 saturated carbocycles. The summed E-state index contributed by atoms with van der Waals surface area (Å²) in [5.74, 6) is 2.18. The van der Waals surface area contributed by atoms with Gasteiger partial charge in [-0.15, -0.1) is 0 Å². The lowest BCUT2D eigenvalue weighted by atomic mass is 10.2. The van der Waals surface area contributed by atoms with E-state index in [1.807, 2.05) is 12.1 Å². The van der Waals surface area contributed by atoms with Gasteiger partial charge in [0.15, 0.2) is 0 Å². The van der Waals surface area contributed by atoms with E-state index in [9.17, 15) is 0 Å². The number of nitrogens with one attached hydrogen (secondary N) is 1. The molecular formula is C13H18N2O. The van der Waals surface area contributed by atoms with Gasteiger partial charge in [-0.25, -0.2) is 4.98 Å². The maximum atomic E-state index is 5.15. The van der Waals surface area contributed by atoms with E-state index in [-0.39, 0.29) is 0 Å². The van der Waals surface area contributed by atoms with Crippen LogP contribution in [0, 0.1) is 5.92 Å². The summed E-state index contributed by atoms with van der Waals surface area (Å²) in [6.45, 7) is 1.16. The molecule has 3 heteroatoms. The Balaban J connectivity index is 1.56. The molecule has 2 fully saturated rings. The van der Waals surface area contributed by atoms with Crippen LogP contribution in [0.5, 0.6) is 5.88 Å². The highest BCUT2D eigenvalue weighted by atomic mass is 16.5. The molecule has 0 aliphatic heterocycles. The number of methoxy groups -OCH3 is 1. The lowest BCUT2D eigenvalue weighted by Crippen LogP contribution is -2.19. The number of hydrogen-bond acceptors (Lipinski definition) is 3. The number of hydrogen-bond donors (Lipinski definition) is 1. The van der Waals surface area contributed by atoms with Gasteiger partial charge in [-0.05, 0) is 37.8 Å². The zero-order chi connectivity index (χ0) is 11.0. The van der Waals surface area contributed by atoms with Crippen LogP contribution in [0.1, 0.15) is 30.9 Å². The van der Waals surface area contributed by atoms with Crippen LogP contribution < -0.4 is 10.1 Å². The zero-order valence-corrected chi connectivity index (χ0v) is 9.65. The predicted octanol–water partition coefficient (Wildman–Crippen LogP) is 1.95. The van der Waals surface area contributed by atoms with E-state index in [0.29, 0.717) is 5.92 Å². The maximum Gasteiger partial charge on any atom is 0.213 e. The summed E-state index contributed by atoms with van der Waals surface area (Å²) < 4.78 is 5.15. The molecule has 2 aliphatic rings. The summed E-state index contributed by atoms with van der Waals surface area (Å²) in [6, 6.07) is 6.87. The first-order valence-corrected chi connectivity index (χ1v) is 6.11. The zero-order valence-electron chi connectivity index (χ0n) is 9.65. The molecule has 1 aromatic heterocycles. The second-order valence-corrected chi connectivity index (χ2v) is 4.89. The van der Waals surface area contributed by atoms with Crippen molar-refractivity contribution in [2.45, 2.75) is 31.2 Å². The molecule has 0 radical (unpaired) electrons. The molecule has 0 bridgehead atoms. The second kappa shape index (κ2) is 4.06. The molecule has 1 heterocycles. The number of nitrogens with zero attached hydrogens (tertiary/aromatic N) is 1. The standard InChI is InChI=1S/C13H18N2O/c1-16-13-4-2-3-12(15-13)11-7-9(11)8-14-10-5-6-10/h2-4,9-11,14H,5-8H2,1H3. The third kappa shape index (κ3) is 2.19. The molecule has 16 heavy (non-hydrogen) atoms. The fraction of sp³-hybridized carbons (Fsp3) is 0.615. The van der Waals surface area contributed by atoms with E-state index < -0.39 is 0 Å². The molecule has 2 atom stereocenters. The largest absolute Gasteiger partial charge is 0.481 e. The molecule has 0 spiro atoms. The molecule has 1 N–H and O–H groups in total. The predicted molar refractivity (Wildman–Crippen MR) is 62.7 cm³/mol. The van der Waals surface area contributed by atoms with Crippen molar-refractivity contribution in [3.05, 3.63) is 23.9 Å². The van der Waals surface area contributed by atoms with Crippen molar-refractivity contribution in [2.75, 3.05) is 13.7 Å². The minimum atomic E-state index is 0.654. The minimum Gasteiger partial charge on any atom is -0.481 e. The van der Waals surface area contributed by atoms with Crippen LogP contribution in [0.4, 0.5) is 0 Å². The molecule has 0 saturated heterocycles. The number of rotatable bonds is 5. The SMILES string of the molecule is COc1cccc(C2CC2CNC2CC2)n1. The summed E-state index contributed by atoms with van der Waals surface area (Å²) in [4.78, 5) is 4.50. The summed E-state index contributed by atoms with van der Waals surface area (Å²) in [6.07, 6.45) is 4.02. The molecule has 2 aliphatic carbocycles. The Bertz CT molecular complexity index is 376. The number of pyridine rings is 1. The van der Waals surface area contributed by atoms with E-state index in [1.54, 1.807) is 7.11 Å². The molecule has 86 valence electrons. The van der Waals surface area contributed by atoms with Crippen molar-refractivity contribution in [3.63, 3.8) is 0 Å². The van der Waals surface area contributed by atoms with Crippen LogP contribution in [-0.4, -0.2) is 24.7 Å². The van der Waals surface area contributed by atoms with Crippen LogP contribution in [0.3, 0.4) is 0 Å². The van der Waals surface area contributed by atoms with E-state index in [2.05, 4.69) is 16.4 Å². The van der Waals surface area contributed by atoms with Crippen LogP contribution in [0.25, 0.3) is 0 Å². The fourth-order valence-corrected chi connectivity index (χ4v) is 2.19. The Labute approximate surface area is 96.2 Å². The minimum absolute atomic E-state index is 0.654. The lowest BCUT2D eigenvalue weighted by molar-refractivity contribution is 0.396. The van der Waals surface area contributed by atoms with Gasteiger partial charge in [0.1, 0.15) is 0 Å². The average Bonchev–Trinajstić information content (AvgIpc) is 3.19. The molecule has 3 nitrogen and oxygen atoms in total. The Kier molecular flexibility index (Phi) is 2.56. The highest BCUT2D eigenvalue weighted by Gasteiger charge is 2.40. The van der Waals surface area contributed by atoms with Crippen LogP contribution >= 0.6 is 0 Å². The Morgan fingerprint density at radius 1 is 1.44 bits per heavy atom. The molecule has 0 amide bonds. The van der Waals surface area contributed by atoms with Crippen LogP contribution in [-0.2, 0) is 0 Å². The van der Waals surface area contributed by atoms with Crippen molar-refractivity contribution < 1.29 is 4.74 Å². The van der Waals surface area contributed by atoms with Gasteiger partial charge in [0.05, 0.1) is 7.11 Å². The average molecular weight is 218 g/mol. The first-order valence-electron chi connectivity index (χ1n) is 6.11. The van der Waals surface area contributed by atoms with Gasteiger partial charge in [-0.3, -0.25) is 0 Å². The summed E-state index contributed by atoms with van der Waals surface area (Å²) in [5, 5.41) is 3.59. The highest BCUT2D eigenvalue weighted by Crippen LogP contribution is 2.46. The topological polar surface area (TPSA) is 34.1 Å². The van der Waals surface area contributed by atoms with Gasteiger partial charge >= 0.3 is 0 Å². The van der Waals surface area contributed by atoms with Crippen molar-refractivity contribution in [2.24, 2.45) is 5.92 Å². The molecule has 0 aromatic carbocycles. The van der Waals surface area contributed by atoms with Crippen molar-refractivity contribution >= 4 is 0 Å². The van der Waals surface area contributed by atoms with Gasteiger partial charge < -0.3 is 10.1 Å². The third-order valence-corrected chi connectivity index (χ3v) is 3.50. The summed E-state index contributed by atoms with van der Waals surface area (Å²) in [5.41, 5.74) is 1.20. The summed E-state index contributed by atoms with van der Waals surface area (Å²) >= 11 is 0.